The van der Waals surface area contributed by atoms with Crippen molar-refractivity contribution >= 4 is 42.0 Å². The zero-order chi connectivity index (χ0) is 26.5. The van der Waals surface area contributed by atoms with Crippen LogP contribution in [0.5, 0.6) is 0 Å². The van der Waals surface area contributed by atoms with Crippen molar-refractivity contribution in [2.45, 2.75) is 72.0 Å². The molecule has 4 amide bonds. The number of likely N-dealkylation sites (N-methyl/N-ethyl adjacent to an activating group) is 2. The first kappa shape index (κ1) is 32.1. The van der Waals surface area contributed by atoms with Gasteiger partial charge in [0, 0.05) is 52.0 Å². The molecule has 1 atom stereocenters. The Morgan fingerprint density at radius 3 is 2.03 bits per heavy atom. The van der Waals surface area contributed by atoms with E-state index in [-0.39, 0.29) is 49.0 Å². The van der Waals surface area contributed by atoms with Crippen LogP contribution in [0.2, 0.25) is 0 Å². The molecule has 0 aliphatic carbocycles. The molecule has 1 saturated heterocycles. The standard InChI is InChI=1S/C22H37N3O6S.C2H6/c1-22(2,3)17(26)14-31-15-20(29)24(5)12-11-23(4)18(27)9-7-6-8-10-25-19(28)13-16(32)21(25)30;1-2/h16,32H,6-15H2,1-5H3;1-2H3. The van der Waals surface area contributed by atoms with Crippen LogP contribution in [0.3, 0.4) is 0 Å². The van der Waals surface area contributed by atoms with Gasteiger partial charge >= 0.3 is 0 Å². The lowest BCUT2D eigenvalue weighted by molar-refractivity contribution is -0.140. The minimum absolute atomic E-state index is 0.0263. The van der Waals surface area contributed by atoms with Crippen molar-refractivity contribution in [3.63, 3.8) is 0 Å². The van der Waals surface area contributed by atoms with E-state index in [1.807, 2.05) is 13.8 Å². The minimum atomic E-state index is -0.528. The summed E-state index contributed by atoms with van der Waals surface area (Å²) in [7, 11) is 3.32. The van der Waals surface area contributed by atoms with Crippen LogP contribution in [-0.2, 0) is 28.7 Å². The third-order valence-electron chi connectivity index (χ3n) is 5.41. The van der Waals surface area contributed by atoms with Gasteiger partial charge in [0.25, 0.3) is 0 Å². The van der Waals surface area contributed by atoms with E-state index in [1.165, 1.54) is 9.80 Å². The third-order valence-corrected chi connectivity index (χ3v) is 5.81. The van der Waals surface area contributed by atoms with Crippen LogP contribution in [0.4, 0.5) is 0 Å². The fraction of sp³-hybridized carbons (Fsp3) is 0.792. The quantitative estimate of drug-likeness (QED) is 0.236. The van der Waals surface area contributed by atoms with Gasteiger partial charge in [-0.2, -0.15) is 12.6 Å². The van der Waals surface area contributed by atoms with Crippen LogP contribution in [0, 0.1) is 5.41 Å². The predicted octanol–water partition coefficient (Wildman–Crippen LogP) is 2.18. The van der Waals surface area contributed by atoms with Gasteiger partial charge in [-0.25, -0.2) is 0 Å². The number of imide groups is 1. The summed E-state index contributed by atoms with van der Waals surface area (Å²) in [5, 5.41) is -0.528. The summed E-state index contributed by atoms with van der Waals surface area (Å²) < 4.78 is 5.22. The molecule has 1 unspecified atom stereocenters. The highest BCUT2D eigenvalue weighted by Gasteiger charge is 2.35. The number of hydrogen-bond acceptors (Lipinski definition) is 7. The van der Waals surface area contributed by atoms with Crippen LogP contribution in [0.25, 0.3) is 0 Å². The fourth-order valence-corrected chi connectivity index (χ4v) is 3.22. The molecule has 0 aromatic rings. The lowest BCUT2D eigenvalue weighted by Gasteiger charge is -2.23. The van der Waals surface area contributed by atoms with Crippen molar-refractivity contribution in [1.82, 2.24) is 14.7 Å². The highest BCUT2D eigenvalue weighted by Crippen LogP contribution is 2.18. The molecule has 1 rings (SSSR count). The molecule has 1 fully saturated rings. The molecule has 1 aliphatic rings. The van der Waals surface area contributed by atoms with Crippen LogP contribution in [0.15, 0.2) is 0 Å². The average molecular weight is 502 g/mol. The van der Waals surface area contributed by atoms with Crippen LogP contribution in [-0.4, -0.2) is 96.3 Å². The van der Waals surface area contributed by atoms with Gasteiger partial charge in [0.15, 0.2) is 5.78 Å². The second-order valence-electron chi connectivity index (χ2n) is 9.21. The van der Waals surface area contributed by atoms with Gasteiger partial charge in [-0.15, -0.1) is 0 Å². The number of carbonyl (C=O) groups is 5. The summed E-state index contributed by atoms with van der Waals surface area (Å²) in [4.78, 5) is 64.0. The molecule has 196 valence electrons. The van der Waals surface area contributed by atoms with Gasteiger partial charge in [-0.1, -0.05) is 41.0 Å². The Balaban J connectivity index is 0.00000529. The second kappa shape index (κ2) is 15.9. The molecular weight excluding hydrogens is 458 g/mol. The number of carbonyl (C=O) groups excluding carboxylic acids is 5. The number of amides is 4. The molecule has 0 aromatic carbocycles. The van der Waals surface area contributed by atoms with E-state index >= 15 is 0 Å². The second-order valence-corrected chi connectivity index (χ2v) is 9.83. The molecule has 0 spiro atoms. The largest absolute Gasteiger partial charge is 0.364 e. The zero-order valence-corrected chi connectivity index (χ0v) is 22.8. The zero-order valence-electron chi connectivity index (χ0n) is 21.9. The Hall–Kier alpha value is -1.94. The Bertz CT molecular complexity index is 707. The summed E-state index contributed by atoms with van der Waals surface area (Å²) in [6, 6.07) is 0. The number of thiol groups is 1. The van der Waals surface area contributed by atoms with E-state index in [0.717, 1.165) is 6.42 Å². The number of unbranched alkanes of at least 4 members (excludes halogenated alkanes) is 2. The maximum absolute atomic E-state index is 12.3. The van der Waals surface area contributed by atoms with E-state index in [4.69, 9.17) is 4.74 Å². The molecule has 34 heavy (non-hydrogen) atoms. The summed E-state index contributed by atoms with van der Waals surface area (Å²) in [5.41, 5.74) is -0.503. The van der Waals surface area contributed by atoms with Gasteiger partial charge in [0.05, 0.1) is 5.25 Å². The van der Waals surface area contributed by atoms with Crippen molar-refractivity contribution in [2.24, 2.45) is 5.41 Å². The molecule has 0 bridgehead atoms. The van der Waals surface area contributed by atoms with E-state index in [9.17, 15) is 24.0 Å². The molecule has 1 heterocycles. The molecular formula is C24H43N3O6S. The molecule has 9 nitrogen and oxygen atoms in total. The van der Waals surface area contributed by atoms with Gasteiger partial charge in [0.1, 0.15) is 13.2 Å². The molecule has 1 aliphatic heterocycles. The van der Waals surface area contributed by atoms with Crippen LogP contribution < -0.4 is 0 Å². The minimum Gasteiger partial charge on any atom is -0.364 e. The highest BCUT2D eigenvalue weighted by atomic mass is 32.1. The monoisotopic (exact) mass is 501 g/mol. The first-order valence-electron chi connectivity index (χ1n) is 12.0. The van der Waals surface area contributed by atoms with Gasteiger partial charge < -0.3 is 14.5 Å². The van der Waals surface area contributed by atoms with Gasteiger partial charge in [0.2, 0.25) is 23.6 Å². The molecule has 0 radical (unpaired) electrons. The summed E-state index contributed by atoms with van der Waals surface area (Å²) in [6.07, 6.45) is 2.57. The normalized spacial score (nSPS) is 15.6. The Labute approximate surface area is 209 Å². The lowest BCUT2D eigenvalue weighted by atomic mass is 9.91. The van der Waals surface area contributed by atoms with E-state index < -0.39 is 10.7 Å². The van der Waals surface area contributed by atoms with Crippen molar-refractivity contribution in [3.05, 3.63) is 0 Å². The smallest absolute Gasteiger partial charge is 0.248 e. The molecule has 0 aromatic heterocycles. The summed E-state index contributed by atoms with van der Waals surface area (Å²) in [6.45, 7) is 10.2. The van der Waals surface area contributed by atoms with Crippen molar-refractivity contribution < 1.29 is 28.7 Å². The highest BCUT2D eigenvalue weighted by molar-refractivity contribution is 7.81. The SMILES string of the molecule is CC.CN(CCN(C)C(=O)COCC(=O)C(C)(C)C)C(=O)CCCCCN1C(=O)CC(S)C1=O. The Morgan fingerprint density at radius 1 is 0.971 bits per heavy atom. The van der Waals surface area contributed by atoms with Crippen LogP contribution in [0.1, 0.15) is 66.7 Å². The first-order valence-corrected chi connectivity index (χ1v) is 12.5. The number of likely N-dealkylation sites (tertiary alicyclic amines) is 1. The predicted molar refractivity (Wildman–Crippen MR) is 134 cm³/mol. The van der Waals surface area contributed by atoms with Crippen molar-refractivity contribution in [3.8, 4) is 0 Å². The molecule has 10 heteroatoms. The molecule has 0 N–H and O–H groups in total. The average Bonchev–Trinajstić information content (AvgIpc) is 3.02. The molecule has 0 saturated carbocycles. The topological polar surface area (TPSA) is 104 Å². The maximum Gasteiger partial charge on any atom is 0.248 e. The maximum atomic E-state index is 12.3. The van der Waals surface area contributed by atoms with Crippen LogP contribution >= 0.6 is 12.6 Å². The third kappa shape index (κ3) is 11.5. The number of ether oxygens (including phenoxy) is 1. The number of nitrogens with zero attached hydrogens (tertiary/aromatic N) is 3. The summed E-state index contributed by atoms with van der Waals surface area (Å²) >= 11 is 4.09. The first-order chi connectivity index (χ1) is 15.8. The van der Waals surface area contributed by atoms with Crippen molar-refractivity contribution in [2.75, 3.05) is 46.9 Å². The Kier molecular flexibility index (Phi) is 15.0. The fourth-order valence-electron chi connectivity index (χ4n) is 2.92. The van der Waals surface area contributed by atoms with Gasteiger partial charge in [-0.05, 0) is 12.8 Å². The van der Waals surface area contributed by atoms with Gasteiger partial charge in [-0.3, -0.25) is 28.9 Å². The van der Waals surface area contributed by atoms with E-state index in [0.29, 0.717) is 38.9 Å². The van der Waals surface area contributed by atoms with E-state index in [1.54, 1.807) is 39.8 Å². The van der Waals surface area contributed by atoms with Crippen molar-refractivity contribution in [1.29, 1.82) is 0 Å². The number of rotatable bonds is 13. The Morgan fingerprint density at radius 2 is 1.53 bits per heavy atom. The number of hydrogen-bond donors (Lipinski definition) is 1. The summed E-state index contributed by atoms with van der Waals surface area (Å²) in [5.74, 6) is -0.763. The van der Waals surface area contributed by atoms with E-state index in [2.05, 4.69) is 12.6 Å². The number of ketones is 1. The number of Topliss-reactive ketones (excluding diaryl/α,β-unsaturated/α-hetero) is 1. The lowest BCUT2D eigenvalue weighted by Crippen LogP contribution is -2.39.